The molecule has 0 bridgehead atoms. The normalized spacial score (nSPS) is 10.7. The van der Waals surface area contributed by atoms with E-state index in [1.807, 2.05) is 7.05 Å². The van der Waals surface area contributed by atoms with Crippen LogP contribution in [0.5, 0.6) is 0 Å². The Morgan fingerprint density at radius 3 is 2.30 bits per heavy atom. The second kappa shape index (κ2) is 6.13. The summed E-state index contributed by atoms with van der Waals surface area (Å²) < 4.78 is 0. The largest absolute Gasteiger partial charge is 0.388 e. The molecule has 0 aliphatic rings. The van der Waals surface area contributed by atoms with E-state index in [-0.39, 0.29) is 0 Å². The van der Waals surface area contributed by atoms with Gasteiger partial charge in [-0.3, -0.25) is 0 Å². The van der Waals surface area contributed by atoms with Gasteiger partial charge in [0.05, 0.1) is 0 Å². The molecular formula is C19H25N. The molecule has 0 fully saturated rings. The summed E-state index contributed by atoms with van der Waals surface area (Å²) >= 11 is 0. The summed E-state index contributed by atoms with van der Waals surface area (Å²) in [5.41, 5.74) is 9.53. The Morgan fingerprint density at radius 2 is 1.65 bits per heavy atom. The van der Waals surface area contributed by atoms with Crippen molar-refractivity contribution in [2.75, 3.05) is 12.4 Å². The minimum Gasteiger partial charge on any atom is -0.388 e. The number of anilines is 1. The molecular weight excluding hydrogens is 242 g/mol. The Kier molecular flexibility index (Phi) is 4.49. The van der Waals surface area contributed by atoms with Crippen LogP contribution in [0.4, 0.5) is 5.69 Å². The molecule has 106 valence electrons. The number of rotatable bonds is 4. The van der Waals surface area contributed by atoms with E-state index in [0.29, 0.717) is 0 Å². The monoisotopic (exact) mass is 267 g/mol. The fraction of sp³-hybridized carbons (Fsp3) is 0.368. The van der Waals surface area contributed by atoms with E-state index in [2.05, 4.69) is 63.3 Å². The smallest absolute Gasteiger partial charge is 0.0376 e. The lowest BCUT2D eigenvalue weighted by molar-refractivity contribution is 0.923. The van der Waals surface area contributed by atoms with Crippen LogP contribution in [0.3, 0.4) is 0 Å². The SMILES string of the molecule is CCCc1c(NC)ccc(C)c1-c1cc(C)ccc1C. The molecule has 0 atom stereocenters. The van der Waals surface area contributed by atoms with E-state index in [0.717, 1.165) is 12.8 Å². The molecule has 0 saturated heterocycles. The van der Waals surface area contributed by atoms with Gasteiger partial charge in [-0.1, -0.05) is 43.2 Å². The van der Waals surface area contributed by atoms with Gasteiger partial charge in [0.25, 0.3) is 0 Å². The van der Waals surface area contributed by atoms with Crippen molar-refractivity contribution in [1.29, 1.82) is 0 Å². The maximum atomic E-state index is 3.35. The van der Waals surface area contributed by atoms with Crippen molar-refractivity contribution in [2.45, 2.75) is 40.5 Å². The second-order valence-electron chi connectivity index (χ2n) is 5.60. The highest BCUT2D eigenvalue weighted by Crippen LogP contribution is 2.35. The lowest BCUT2D eigenvalue weighted by atomic mass is 9.88. The zero-order valence-corrected chi connectivity index (χ0v) is 13.3. The highest BCUT2D eigenvalue weighted by Gasteiger charge is 2.13. The fourth-order valence-corrected chi connectivity index (χ4v) is 2.89. The van der Waals surface area contributed by atoms with Crippen molar-refractivity contribution in [1.82, 2.24) is 0 Å². The first-order valence-electron chi connectivity index (χ1n) is 7.46. The Hall–Kier alpha value is -1.76. The van der Waals surface area contributed by atoms with Gasteiger partial charge in [0.1, 0.15) is 0 Å². The molecule has 0 aliphatic carbocycles. The lowest BCUT2D eigenvalue weighted by Crippen LogP contribution is -2.01. The summed E-state index contributed by atoms with van der Waals surface area (Å²) in [5, 5.41) is 3.35. The summed E-state index contributed by atoms with van der Waals surface area (Å²) in [5.74, 6) is 0. The van der Waals surface area contributed by atoms with Crippen LogP contribution >= 0.6 is 0 Å². The van der Waals surface area contributed by atoms with Crippen LogP contribution in [0.2, 0.25) is 0 Å². The van der Waals surface area contributed by atoms with Gasteiger partial charge < -0.3 is 5.32 Å². The Morgan fingerprint density at radius 1 is 0.950 bits per heavy atom. The zero-order chi connectivity index (χ0) is 14.7. The Balaban J connectivity index is 2.74. The van der Waals surface area contributed by atoms with Crippen LogP contribution in [-0.2, 0) is 6.42 Å². The average molecular weight is 267 g/mol. The molecule has 0 aromatic heterocycles. The Bertz CT molecular complexity index is 611. The number of nitrogens with one attached hydrogen (secondary N) is 1. The van der Waals surface area contributed by atoms with E-state index in [4.69, 9.17) is 0 Å². The van der Waals surface area contributed by atoms with Crippen molar-refractivity contribution < 1.29 is 0 Å². The van der Waals surface area contributed by atoms with Gasteiger partial charge in [0.2, 0.25) is 0 Å². The number of hydrogen-bond acceptors (Lipinski definition) is 1. The van der Waals surface area contributed by atoms with E-state index >= 15 is 0 Å². The lowest BCUT2D eigenvalue weighted by Gasteiger charge is -2.19. The first-order valence-corrected chi connectivity index (χ1v) is 7.46. The number of aryl methyl sites for hydroxylation is 3. The fourth-order valence-electron chi connectivity index (χ4n) is 2.89. The predicted octanol–water partition coefficient (Wildman–Crippen LogP) is 5.27. The molecule has 1 N–H and O–H groups in total. The molecule has 2 rings (SSSR count). The van der Waals surface area contributed by atoms with Gasteiger partial charge in [-0.15, -0.1) is 0 Å². The highest BCUT2D eigenvalue weighted by molar-refractivity contribution is 5.79. The van der Waals surface area contributed by atoms with E-state index in [1.165, 1.54) is 39.1 Å². The number of hydrogen-bond donors (Lipinski definition) is 1. The van der Waals surface area contributed by atoms with Crippen LogP contribution in [0.15, 0.2) is 30.3 Å². The van der Waals surface area contributed by atoms with Gasteiger partial charge in [-0.05, 0) is 61.1 Å². The average Bonchev–Trinajstić information content (AvgIpc) is 2.43. The third-order valence-electron chi connectivity index (χ3n) is 3.95. The second-order valence-corrected chi connectivity index (χ2v) is 5.60. The van der Waals surface area contributed by atoms with E-state index in [9.17, 15) is 0 Å². The van der Waals surface area contributed by atoms with Crippen molar-refractivity contribution >= 4 is 5.69 Å². The first-order chi connectivity index (χ1) is 9.58. The Labute approximate surface area is 123 Å². The molecule has 0 unspecified atom stereocenters. The van der Waals surface area contributed by atoms with Crippen molar-refractivity contribution in [3.63, 3.8) is 0 Å². The molecule has 20 heavy (non-hydrogen) atoms. The molecule has 0 saturated carbocycles. The van der Waals surface area contributed by atoms with E-state index < -0.39 is 0 Å². The molecule has 0 heterocycles. The minimum atomic E-state index is 1.11. The topological polar surface area (TPSA) is 12.0 Å². The predicted molar refractivity (Wildman–Crippen MR) is 89.6 cm³/mol. The van der Waals surface area contributed by atoms with Crippen molar-refractivity contribution in [3.05, 3.63) is 52.6 Å². The van der Waals surface area contributed by atoms with Crippen molar-refractivity contribution in [2.24, 2.45) is 0 Å². The van der Waals surface area contributed by atoms with Crippen LogP contribution < -0.4 is 5.32 Å². The molecule has 0 amide bonds. The summed E-state index contributed by atoms with van der Waals surface area (Å²) in [6.07, 6.45) is 2.27. The van der Waals surface area contributed by atoms with Gasteiger partial charge in [-0.25, -0.2) is 0 Å². The summed E-state index contributed by atoms with van der Waals surface area (Å²) in [7, 11) is 2.01. The molecule has 0 spiro atoms. The molecule has 2 aromatic carbocycles. The maximum absolute atomic E-state index is 3.35. The molecule has 0 radical (unpaired) electrons. The molecule has 0 aliphatic heterocycles. The summed E-state index contributed by atoms with van der Waals surface area (Å²) in [6, 6.07) is 11.2. The standard InChI is InChI=1S/C19H25N/c1-6-7-16-18(20-5)11-10-15(4)19(16)17-12-13(2)8-9-14(17)3/h8-12,20H,6-7H2,1-5H3. The third-order valence-corrected chi connectivity index (χ3v) is 3.95. The molecule has 2 aromatic rings. The van der Waals surface area contributed by atoms with Gasteiger partial charge in [0.15, 0.2) is 0 Å². The van der Waals surface area contributed by atoms with Gasteiger partial charge in [-0.2, -0.15) is 0 Å². The van der Waals surface area contributed by atoms with Gasteiger partial charge in [0, 0.05) is 12.7 Å². The van der Waals surface area contributed by atoms with Crippen LogP contribution in [0, 0.1) is 20.8 Å². The van der Waals surface area contributed by atoms with Crippen molar-refractivity contribution in [3.8, 4) is 11.1 Å². The summed E-state index contributed by atoms with van der Waals surface area (Å²) in [4.78, 5) is 0. The first kappa shape index (κ1) is 14.6. The van der Waals surface area contributed by atoms with Crippen LogP contribution in [-0.4, -0.2) is 7.05 Å². The highest BCUT2D eigenvalue weighted by atomic mass is 14.8. The van der Waals surface area contributed by atoms with Crippen LogP contribution in [0.1, 0.15) is 35.6 Å². The molecule has 1 nitrogen and oxygen atoms in total. The molecule has 1 heteroatoms. The van der Waals surface area contributed by atoms with E-state index in [1.54, 1.807) is 0 Å². The maximum Gasteiger partial charge on any atom is 0.0376 e. The zero-order valence-electron chi connectivity index (χ0n) is 13.3. The third kappa shape index (κ3) is 2.72. The minimum absolute atomic E-state index is 1.11. The van der Waals surface area contributed by atoms with Crippen LogP contribution in [0.25, 0.3) is 11.1 Å². The summed E-state index contributed by atoms with van der Waals surface area (Å²) in [6.45, 7) is 8.83. The number of benzene rings is 2. The van der Waals surface area contributed by atoms with Gasteiger partial charge >= 0.3 is 0 Å². The quantitative estimate of drug-likeness (QED) is 0.795.